The normalized spacial score (nSPS) is 13.1. The van der Waals surface area contributed by atoms with Crippen LogP contribution in [0.1, 0.15) is 26.2 Å². The second-order valence-electron chi connectivity index (χ2n) is 6.74. The fourth-order valence-corrected chi connectivity index (χ4v) is 10.2. The van der Waals surface area contributed by atoms with Crippen molar-refractivity contribution < 1.29 is 13.6 Å². The van der Waals surface area contributed by atoms with Crippen LogP contribution in [0.3, 0.4) is 0 Å². The highest BCUT2D eigenvalue weighted by Crippen LogP contribution is 2.19. The van der Waals surface area contributed by atoms with Gasteiger partial charge in [0.2, 0.25) is 0 Å². The van der Waals surface area contributed by atoms with E-state index in [4.69, 9.17) is 13.6 Å². The molecule has 0 radical (unpaired) electrons. The molecule has 120 valence electrons. The van der Waals surface area contributed by atoms with Gasteiger partial charge in [0.1, 0.15) is 0 Å². The highest BCUT2D eigenvalue weighted by molar-refractivity contribution is 6.84. The standard InChI is InChI=1S/C15H34O3Si2/c1-7-11-16-12-8-9-13-17-14-10-15-20(5,6)18-19(2,3)4/h7,11H,8-10,12-15H2,1-6H3/b11-7+. The van der Waals surface area contributed by atoms with Gasteiger partial charge in [-0.15, -0.1) is 0 Å². The molecular formula is C15H34O3Si2. The van der Waals surface area contributed by atoms with Gasteiger partial charge < -0.3 is 13.6 Å². The number of rotatable bonds is 12. The van der Waals surface area contributed by atoms with E-state index < -0.39 is 16.6 Å². The first kappa shape index (κ1) is 19.9. The van der Waals surface area contributed by atoms with Gasteiger partial charge in [0.15, 0.2) is 16.6 Å². The lowest BCUT2D eigenvalue weighted by Gasteiger charge is -2.31. The quantitative estimate of drug-likeness (QED) is 0.294. The first-order valence-corrected chi connectivity index (χ1v) is 14.3. The largest absolute Gasteiger partial charge is 0.502 e. The maximum Gasteiger partial charge on any atom is 0.173 e. The molecule has 0 spiro atoms. The average molecular weight is 319 g/mol. The minimum absolute atomic E-state index is 0.789. The number of allylic oxidation sites excluding steroid dienone is 1. The third-order valence-electron chi connectivity index (χ3n) is 2.68. The molecule has 0 aliphatic rings. The van der Waals surface area contributed by atoms with E-state index in [0.717, 1.165) is 39.1 Å². The molecule has 0 unspecified atom stereocenters. The summed E-state index contributed by atoms with van der Waals surface area (Å²) < 4.78 is 17.2. The van der Waals surface area contributed by atoms with Crippen molar-refractivity contribution in [3.05, 3.63) is 12.3 Å². The molecule has 0 saturated carbocycles. The van der Waals surface area contributed by atoms with Gasteiger partial charge in [-0.2, -0.15) is 0 Å². The summed E-state index contributed by atoms with van der Waals surface area (Å²) in [6.07, 6.45) is 6.91. The van der Waals surface area contributed by atoms with E-state index in [1.165, 1.54) is 6.04 Å². The van der Waals surface area contributed by atoms with E-state index in [-0.39, 0.29) is 0 Å². The number of unbranched alkanes of at least 4 members (excludes halogenated alkanes) is 1. The van der Waals surface area contributed by atoms with E-state index in [1.54, 1.807) is 6.26 Å². The van der Waals surface area contributed by atoms with Crippen molar-refractivity contribution in [1.29, 1.82) is 0 Å². The molecule has 3 nitrogen and oxygen atoms in total. The molecule has 0 amide bonds. The number of hydrogen-bond donors (Lipinski definition) is 0. The highest BCUT2D eigenvalue weighted by Gasteiger charge is 2.28. The Kier molecular flexibility index (Phi) is 10.5. The van der Waals surface area contributed by atoms with Crippen molar-refractivity contribution in [3.8, 4) is 0 Å². The van der Waals surface area contributed by atoms with Gasteiger partial charge in [-0.1, -0.05) is 6.08 Å². The Balaban J connectivity index is 3.43. The third-order valence-corrected chi connectivity index (χ3v) is 8.90. The van der Waals surface area contributed by atoms with Crippen LogP contribution >= 0.6 is 0 Å². The zero-order chi connectivity index (χ0) is 15.5. The molecule has 0 N–H and O–H groups in total. The van der Waals surface area contributed by atoms with E-state index >= 15 is 0 Å². The van der Waals surface area contributed by atoms with Crippen molar-refractivity contribution >= 4 is 16.6 Å². The highest BCUT2D eigenvalue weighted by atomic mass is 28.4. The molecule has 0 aromatic rings. The summed E-state index contributed by atoms with van der Waals surface area (Å²) in [5.41, 5.74) is 0. The molecule has 5 heteroatoms. The van der Waals surface area contributed by atoms with Crippen molar-refractivity contribution in [1.82, 2.24) is 0 Å². The lowest BCUT2D eigenvalue weighted by Crippen LogP contribution is -2.42. The molecule has 0 atom stereocenters. The molecule has 20 heavy (non-hydrogen) atoms. The van der Waals surface area contributed by atoms with Crippen molar-refractivity contribution in [2.24, 2.45) is 0 Å². The topological polar surface area (TPSA) is 27.7 Å². The van der Waals surface area contributed by atoms with Crippen LogP contribution in [-0.4, -0.2) is 36.5 Å². The maximum absolute atomic E-state index is 6.31. The van der Waals surface area contributed by atoms with Gasteiger partial charge in [0.05, 0.1) is 12.9 Å². The fraction of sp³-hybridized carbons (Fsp3) is 0.867. The number of ether oxygens (including phenoxy) is 2. The van der Waals surface area contributed by atoms with E-state index in [0.29, 0.717) is 0 Å². The Morgan fingerprint density at radius 2 is 1.45 bits per heavy atom. The molecule has 0 aliphatic carbocycles. The van der Waals surface area contributed by atoms with Crippen LogP contribution in [0, 0.1) is 0 Å². The van der Waals surface area contributed by atoms with Gasteiger partial charge in [0.25, 0.3) is 0 Å². The number of hydrogen-bond acceptors (Lipinski definition) is 3. The smallest absolute Gasteiger partial charge is 0.173 e. The SMILES string of the molecule is C/C=C/OCCCCOCCC[Si](C)(C)O[Si](C)(C)C. The summed E-state index contributed by atoms with van der Waals surface area (Å²) in [6.45, 7) is 15.9. The Hall–Kier alpha value is -0.106. The summed E-state index contributed by atoms with van der Waals surface area (Å²) in [7, 11) is -2.86. The van der Waals surface area contributed by atoms with E-state index in [1.807, 2.05) is 13.0 Å². The van der Waals surface area contributed by atoms with Crippen LogP contribution in [0.4, 0.5) is 0 Å². The molecule has 0 aliphatic heterocycles. The minimum atomic E-state index is -1.47. The average Bonchev–Trinajstić information content (AvgIpc) is 2.28. The van der Waals surface area contributed by atoms with Crippen molar-refractivity contribution in [2.45, 2.75) is 65.0 Å². The van der Waals surface area contributed by atoms with Crippen LogP contribution in [0.25, 0.3) is 0 Å². The van der Waals surface area contributed by atoms with Gasteiger partial charge in [0, 0.05) is 13.2 Å². The Morgan fingerprint density at radius 1 is 0.850 bits per heavy atom. The Morgan fingerprint density at radius 3 is 2.05 bits per heavy atom. The molecule has 0 heterocycles. The van der Waals surface area contributed by atoms with Crippen molar-refractivity contribution in [3.63, 3.8) is 0 Å². The summed E-state index contributed by atoms with van der Waals surface area (Å²) in [5, 5.41) is 0. The maximum atomic E-state index is 6.31. The molecule has 0 saturated heterocycles. The Labute approximate surface area is 128 Å². The lowest BCUT2D eigenvalue weighted by atomic mass is 10.3. The lowest BCUT2D eigenvalue weighted by molar-refractivity contribution is 0.123. The monoisotopic (exact) mass is 318 g/mol. The van der Waals surface area contributed by atoms with Gasteiger partial charge in [-0.05, 0) is 65.0 Å². The first-order chi connectivity index (χ1) is 9.27. The zero-order valence-electron chi connectivity index (χ0n) is 14.3. The molecular weight excluding hydrogens is 284 g/mol. The summed E-state index contributed by atoms with van der Waals surface area (Å²) in [5.74, 6) is 0. The second kappa shape index (κ2) is 10.6. The van der Waals surface area contributed by atoms with Crippen LogP contribution in [0.5, 0.6) is 0 Å². The fourth-order valence-electron chi connectivity index (χ4n) is 2.14. The zero-order valence-corrected chi connectivity index (χ0v) is 16.3. The van der Waals surface area contributed by atoms with Crippen molar-refractivity contribution in [2.75, 3.05) is 19.8 Å². The third kappa shape index (κ3) is 14.3. The van der Waals surface area contributed by atoms with Crippen LogP contribution < -0.4 is 0 Å². The predicted molar refractivity (Wildman–Crippen MR) is 92.2 cm³/mol. The summed E-state index contributed by atoms with van der Waals surface area (Å²) in [6, 6.07) is 1.20. The summed E-state index contributed by atoms with van der Waals surface area (Å²) in [4.78, 5) is 0. The van der Waals surface area contributed by atoms with Gasteiger partial charge in [-0.3, -0.25) is 0 Å². The van der Waals surface area contributed by atoms with E-state index in [9.17, 15) is 0 Å². The molecule has 0 rings (SSSR count). The van der Waals surface area contributed by atoms with Gasteiger partial charge in [-0.25, -0.2) is 0 Å². The predicted octanol–water partition coefficient (Wildman–Crippen LogP) is 4.78. The Bertz CT molecular complexity index is 260. The van der Waals surface area contributed by atoms with Gasteiger partial charge >= 0.3 is 0 Å². The molecule has 0 aromatic carbocycles. The van der Waals surface area contributed by atoms with Crippen LogP contribution in [-0.2, 0) is 13.6 Å². The second-order valence-corrected chi connectivity index (χ2v) is 15.8. The molecule has 0 fully saturated rings. The van der Waals surface area contributed by atoms with E-state index in [2.05, 4.69) is 32.7 Å². The van der Waals surface area contributed by atoms with Crippen LogP contribution in [0.2, 0.25) is 38.8 Å². The molecule has 0 aromatic heterocycles. The van der Waals surface area contributed by atoms with Crippen LogP contribution in [0.15, 0.2) is 12.3 Å². The molecule has 0 bridgehead atoms. The first-order valence-electron chi connectivity index (χ1n) is 7.77. The summed E-state index contributed by atoms with van der Waals surface area (Å²) >= 11 is 0. The minimum Gasteiger partial charge on any atom is -0.502 e.